The summed E-state index contributed by atoms with van der Waals surface area (Å²) < 4.78 is 0. The van der Waals surface area contributed by atoms with Crippen molar-refractivity contribution in [2.45, 2.75) is 26.2 Å². The lowest BCUT2D eigenvalue weighted by molar-refractivity contribution is 0.0648. The molecule has 0 spiro atoms. The fourth-order valence-electron chi connectivity index (χ4n) is 3.44. The van der Waals surface area contributed by atoms with Gasteiger partial charge in [-0.05, 0) is 37.0 Å². The number of likely N-dealkylation sites (tertiary alicyclic amines) is 1. The van der Waals surface area contributed by atoms with Crippen molar-refractivity contribution in [3.63, 3.8) is 0 Å². The third kappa shape index (κ3) is 2.90. The van der Waals surface area contributed by atoms with Crippen molar-refractivity contribution in [3.05, 3.63) is 23.8 Å². The minimum atomic E-state index is -0.173. The van der Waals surface area contributed by atoms with Crippen LogP contribution in [0, 0.1) is 5.41 Å². The van der Waals surface area contributed by atoms with E-state index < -0.39 is 0 Å². The molecule has 0 saturated carbocycles. The second-order valence-electron chi connectivity index (χ2n) is 6.94. The summed E-state index contributed by atoms with van der Waals surface area (Å²) in [6, 6.07) is 6.06. The van der Waals surface area contributed by atoms with Gasteiger partial charge in [0.25, 0.3) is 0 Å². The number of aliphatic hydroxyl groups excluding tert-OH is 1. The Morgan fingerprint density at radius 3 is 3.00 bits per heavy atom. The van der Waals surface area contributed by atoms with E-state index in [-0.39, 0.29) is 18.1 Å². The lowest BCUT2D eigenvalue weighted by Gasteiger charge is -2.39. The number of carbonyl (C=O) groups is 1. The zero-order chi connectivity index (χ0) is 15.7. The fourth-order valence-corrected chi connectivity index (χ4v) is 3.44. The molecule has 0 radical (unpaired) electrons. The molecular weight excluding hydrogens is 278 g/mol. The average Bonchev–Trinajstić information content (AvgIpc) is 2.88. The maximum Gasteiger partial charge on any atom is 0.321 e. The van der Waals surface area contributed by atoms with Gasteiger partial charge in [-0.15, -0.1) is 0 Å². The zero-order valence-corrected chi connectivity index (χ0v) is 13.4. The van der Waals surface area contributed by atoms with E-state index in [0.717, 1.165) is 38.0 Å². The summed E-state index contributed by atoms with van der Waals surface area (Å²) in [5, 5.41) is 12.5. The predicted octanol–water partition coefficient (Wildman–Crippen LogP) is 2.31. The highest BCUT2D eigenvalue weighted by molar-refractivity contribution is 5.90. The molecule has 2 aliphatic rings. The lowest BCUT2D eigenvalue weighted by atomic mass is 9.83. The maximum atomic E-state index is 12.5. The average molecular weight is 303 g/mol. The number of piperidine rings is 1. The Morgan fingerprint density at radius 2 is 2.23 bits per heavy atom. The Hall–Kier alpha value is -1.75. The lowest BCUT2D eigenvalue weighted by Crippen LogP contribution is -2.47. The standard InChI is InChI=1S/C17H25N3O2/c1-17(12-21)7-3-8-20(11-17)16(22)18-14-5-4-13-6-9-19(2)15(13)10-14/h4-5,10,21H,3,6-9,11-12H2,1-2H3,(H,18,22). The first-order valence-electron chi connectivity index (χ1n) is 8.02. The molecule has 2 N–H and O–H groups in total. The number of hydrogen-bond acceptors (Lipinski definition) is 3. The molecule has 1 atom stereocenters. The Labute approximate surface area is 131 Å². The summed E-state index contributed by atoms with van der Waals surface area (Å²) >= 11 is 0. The maximum absolute atomic E-state index is 12.5. The van der Waals surface area contributed by atoms with Crippen LogP contribution in [0.5, 0.6) is 0 Å². The number of benzene rings is 1. The van der Waals surface area contributed by atoms with Gasteiger partial charge in [0.15, 0.2) is 0 Å². The van der Waals surface area contributed by atoms with Gasteiger partial charge in [-0.2, -0.15) is 0 Å². The van der Waals surface area contributed by atoms with Gasteiger partial charge in [0.05, 0.1) is 6.61 Å². The van der Waals surface area contributed by atoms with Crippen LogP contribution >= 0.6 is 0 Å². The zero-order valence-electron chi connectivity index (χ0n) is 13.4. The van der Waals surface area contributed by atoms with E-state index in [0.29, 0.717) is 6.54 Å². The van der Waals surface area contributed by atoms with Crippen LogP contribution in [-0.2, 0) is 6.42 Å². The van der Waals surface area contributed by atoms with E-state index in [1.54, 1.807) is 0 Å². The highest BCUT2D eigenvalue weighted by Crippen LogP contribution is 2.31. The topological polar surface area (TPSA) is 55.8 Å². The molecule has 0 aromatic heterocycles. The van der Waals surface area contributed by atoms with Crippen LogP contribution < -0.4 is 10.2 Å². The molecule has 5 heteroatoms. The Balaban J connectivity index is 1.68. The number of nitrogens with zero attached hydrogens (tertiary/aromatic N) is 2. The molecule has 0 bridgehead atoms. The van der Waals surface area contributed by atoms with E-state index in [4.69, 9.17) is 0 Å². The molecule has 1 saturated heterocycles. The number of carbonyl (C=O) groups excluding carboxylic acids is 1. The molecule has 3 rings (SSSR count). The van der Waals surface area contributed by atoms with Gasteiger partial charge in [0, 0.05) is 43.5 Å². The van der Waals surface area contributed by atoms with Gasteiger partial charge >= 0.3 is 6.03 Å². The smallest absolute Gasteiger partial charge is 0.321 e. The van der Waals surface area contributed by atoms with Crippen molar-refractivity contribution in [1.82, 2.24) is 4.90 Å². The number of fused-ring (bicyclic) bond motifs is 1. The Bertz CT molecular complexity index is 575. The largest absolute Gasteiger partial charge is 0.396 e. The first kappa shape index (κ1) is 15.2. The minimum Gasteiger partial charge on any atom is -0.396 e. The number of anilines is 2. The summed E-state index contributed by atoms with van der Waals surface area (Å²) in [4.78, 5) is 16.5. The molecule has 1 fully saturated rings. The summed E-state index contributed by atoms with van der Waals surface area (Å²) in [6.07, 6.45) is 2.98. The van der Waals surface area contributed by atoms with Gasteiger partial charge in [-0.3, -0.25) is 0 Å². The SMILES string of the molecule is CN1CCc2ccc(NC(=O)N3CCCC(C)(CO)C3)cc21. The highest BCUT2D eigenvalue weighted by Gasteiger charge is 2.32. The van der Waals surface area contributed by atoms with E-state index in [1.807, 2.05) is 17.9 Å². The number of nitrogens with one attached hydrogen (secondary N) is 1. The van der Waals surface area contributed by atoms with Crippen LogP contribution in [0.15, 0.2) is 18.2 Å². The number of likely N-dealkylation sites (N-methyl/N-ethyl adjacent to an activating group) is 1. The number of amides is 2. The molecule has 22 heavy (non-hydrogen) atoms. The third-order valence-electron chi connectivity index (χ3n) is 4.91. The summed E-state index contributed by atoms with van der Waals surface area (Å²) in [5.41, 5.74) is 3.21. The quantitative estimate of drug-likeness (QED) is 0.881. The van der Waals surface area contributed by atoms with Crippen molar-refractivity contribution < 1.29 is 9.90 Å². The van der Waals surface area contributed by atoms with Gasteiger partial charge in [-0.1, -0.05) is 13.0 Å². The molecule has 2 amide bonds. The monoisotopic (exact) mass is 303 g/mol. The molecule has 0 aliphatic carbocycles. The molecule has 5 nitrogen and oxygen atoms in total. The first-order chi connectivity index (χ1) is 10.5. The van der Waals surface area contributed by atoms with Crippen molar-refractivity contribution in [2.75, 3.05) is 43.5 Å². The number of rotatable bonds is 2. The summed E-state index contributed by atoms with van der Waals surface area (Å²) in [7, 11) is 2.08. The number of hydrogen-bond donors (Lipinski definition) is 2. The van der Waals surface area contributed by atoms with Crippen molar-refractivity contribution in [2.24, 2.45) is 5.41 Å². The van der Waals surface area contributed by atoms with Crippen LogP contribution in [0.25, 0.3) is 0 Å². The first-order valence-corrected chi connectivity index (χ1v) is 8.02. The van der Waals surface area contributed by atoms with Crippen molar-refractivity contribution in [3.8, 4) is 0 Å². The predicted molar refractivity (Wildman–Crippen MR) is 88.4 cm³/mol. The van der Waals surface area contributed by atoms with Crippen molar-refractivity contribution >= 4 is 17.4 Å². The van der Waals surface area contributed by atoms with Gasteiger partial charge in [-0.25, -0.2) is 4.79 Å². The number of aliphatic hydroxyl groups is 1. The second-order valence-corrected chi connectivity index (χ2v) is 6.94. The van der Waals surface area contributed by atoms with Gasteiger partial charge < -0.3 is 20.2 Å². The third-order valence-corrected chi connectivity index (χ3v) is 4.91. The van der Waals surface area contributed by atoms with Crippen LogP contribution in [0.1, 0.15) is 25.3 Å². The normalized spacial score (nSPS) is 24.3. The molecule has 2 heterocycles. The fraction of sp³-hybridized carbons (Fsp3) is 0.588. The molecule has 1 unspecified atom stereocenters. The Kier molecular flexibility index (Phi) is 4.00. The molecule has 2 aliphatic heterocycles. The number of urea groups is 1. The molecule has 1 aromatic rings. The minimum absolute atomic E-state index is 0.0695. The van der Waals surface area contributed by atoms with E-state index in [1.165, 1.54) is 11.3 Å². The van der Waals surface area contributed by atoms with Gasteiger partial charge in [0.1, 0.15) is 0 Å². The Morgan fingerprint density at radius 1 is 1.41 bits per heavy atom. The summed E-state index contributed by atoms with van der Waals surface area (Å²) in [5.74, 6) is 0. The molecule has 1 aromatic carbocycles. The van der Waals surface area contributed by atoms with Gasteiger partial charge in [0.2, 0.25) is 0 Å². The van der Waals surface area contributed by atoms with E-state index in [9.17, 15) is 9.90 Å². The van der Waals surface area contributed by atoms with E-state index in [2.05, 4.69) is 29.4 Å². The molecule has 120 valence electrons. The highest BCUT2D eigenvalue weighted by atomic mass is 16.3. The molecular formula is C17H25N3O2. The summed E-state index contributed by atoms with van der Waals surface area (Å²) in [6.45, 7) is 4.57. The van der Waals surface area contributed by atoms with Crippen molar-refractivity contribution in [1.29, 1.82) is 0 Å². The van der Waals surface area contributed by atoms with Crippen LogP contribution in [0.3, 0.4) is 0 Å². The van der Waals surface area contributed by atoms with Crippen LogP contribution in [0.2, 0.25) is 0 Å². The van der Waals surface area contributed by atoms with Crippen LogP contribution in [0.4, 0.5) is 16.2 Å². The second kappa shape index (κ2) is 5.80. The van der Waals surface area contributed by atoms with Crippen LogP contribution in [-0.4, -0.2) is 49.3 Å². The van der Waals surface area contributed by atoms with E-state index >= 15 is 0 Å².